The van der Waals surface area contributed by atoms with Gasteiger partial charge in [0.2, 0.25) is 5.78 Å². The lowest BCUT2D eigenvalue weighted by Gasteiger charge is -2.20. The Morgan fingerprint density at radius 1 is 1.32 bits per heavy atom. The first-order chi connectivity index (χ1) is 9.31. The molecular formula is C16H15NO2. The Morgan fingerprint density at radius 2 is 2.11 bits per heavy atom. The number of nitriles is 1. The highest BCUT2D eigenvalue weighted by atomic mass is 16.5. The van der Waals surface area contributed by atoms with Gasteiger partial charge >= 0.3 is 0 Å². The van der Waals surface area contributed by atoms with Gasteiger partial charge in [-0.2, -0.15) is 5.26 Å². The van der Waals surface area contributed by atoms with Crippen molar-refractivity contribution in [1.29, 1.82) is 5.26 Å². The molecule has 0 bridgehead atoms. The van der Waals surface area contributed by atoms with Gasteiger partial charge in [-0.25, -0.2) is 0 Å². The molecule has 1 aromatic carbocycles. The van der Waals surface area contributed by atoms with Crippen molar-refractivity contribution in [3.63, 3.8) is 0 Å². The van der Waals surface area contributed by atoms with E-state index in [9.17, 15) is 4.79 Å². The number of Topliss-reactive ketones (excluding diaryl/α,β-unsaturated/α-hetero) is 1. The zero-order valence-electron chi connectivity index (χ0n) is 10.6. The van der Waals surface area contributed by atoms with E-state index in [-0.39, 0.29) is 11.4 Å². The highest BCUT2D eigenvalue weighted by Gasteiger charge is 2.24. The summed E-state index contributed by atoms with van der Waals surface area (Å²) in [4.78, 5) is 12.1. The summed E-state index contributed by atoms with van der Waals surface area (Å²) >= 11 is 0. The Bertz CT molecular complexity index is 542. The Hall–Kier alpha value is -2.14. The van der Waals surface area contributed by atoms with Crippen molar-refractivity contribution in [3.8, 4) is 6.07 Å². The number of ether oxygens (including phenoxy) is 1. The number of nitrogens with zero attached hydrogens (tertiary/aromatic N) is 1. The van der Waals surface area contributed by atoms with Crippen LogP contribution in [-0.2, 0) is 9.53 Å². The second kappa shape index (κ2) is 6.70. The topological polar surface area (TPSA) is 50.1 Å². The van der Waals surface area contributed by atoms with Crippen LogP contribution in [0.15, 0.2) is 41.6 Å². The maximum atomic E-state index is 12.1. The van der Waals surface area contributed by atoms with Crippen molar-refractivity contribution in [2.24, 2.45) is 0 Å². The Kier molecular flexibility index (Phi) is 4.69. The molecule has 1 saturated heterocycles. The minimum atomic E-state index is -0.472. The zero-order chi connectivity index (χ0) is 13.5. The monoisotopic (exact) mass is 253 g/mol. The van der Waals surface area contributed by atoms with Gasteiger partial charge in [-0.3, -0.25) is 4.79 Å². The lowest BCUT2D eigenvalue weighted by atomic mass is 10.0. The van der Waals surface area contributed by atoms with E-state index in [2.05, 4.69) is 5.73 Å². The average molecular weight is 253 g/mol. The fourth-order valence-electron chi connectivity index (χ4n) is 1.97. The van der Waals surface area contributed by atoms with Crippen LogP contribution in [0.25, 0.3) is 6.08 Å². The number of rotatable bonds is 3. The maximum absolute atomic E-state index is 12.1. The van der Waals surface area contributed by atoms with Crippen LogP contribution in [0.2, 0.25) is 0 Å². The van der Waals surface area contributed by atoms with Crippen LogP contribution in [-0.4, -0.2) is 18.5 Å². The molecule has 0 N–H and O–H groups in total. The molecule has 3 heteroatoms. The molecule has 0 aliphatic carbocycles. The van der Waals surface area contributed by atoms with Crippen LogP contribution in [0.5, 0.6) is 0 Å². The number of carbonyl (C=O) groups excluding carboxylic acids is 1. The molecule has 1 aromatic rings. The lowest BCUT2D eigenvalue weighted by molar-refractivity contribution is -0.128. The molecule has 0 aromatic heterocycles. The number of carbonyl (C=O) groups is 1. The molecule has 1 aliphatic rings. The SMILES string of the molecule is N#CC(=C=Cc1ccccc1)C(=O)C1CCCCO1. The summed E-state index contributed by atoms with van der Waals surface area (Å²) < 4.78 is 5.40. The summed E-state index contributed by atoms with van der Waals surface area (Å²) in [5.74, 6) is -0.255. The summed E-state index contributed by atoms with van der Waals surface area (Å²) in [6.07, 6.45) is 3.82. The van der Waals surface area contributed by atoms with E-state index in [1.807, 2.05) is 36.4 Å². The summed E-state index contributed by atoms with van der Waals surface area (Å²) in [6.45, 7) is 0.595. The molecule has 1 heterocycles. The van der Waals surface area contributed by atoms with Gasteiger partial charge in [-0.05, 0) is 30.9 Å². The summed E-state index contributed by atoms with van der Waals surface area (Å²) in [5.41, 5.74) is 3.73. The van der Waals surface area contributed by atoms with Gasteiger partial charge in [0.1, 0.15) is 17.7 Å². The fourth-order valence-corrected chi connectivity index (χ4v) is 1.97. The maximum Gasteiger partial charge on any atom is 0.209 e. The molecule has 19 heavy (non-hydrogen) atoms. The summed E-state index contributed by atoms with van der Waals surface area (Å²) in [6, 6.07) is 11.4. The van der Waals surface area contributed by atoms with Crippen LogP contribution < -0.4 is 0 Å². The Labute approximate surface area is 112 Å². The third-order valence-corrected chi connectivity index (χ3v) is 3.01. The zero-order valence-corrected chi connectivity index (χ0v) is 10.6. The van der Waals surface area contributed by atoms with Crippen LogP contribution in [0, 0.1) is 11.3 Å². The van der Waals surface area contributed by atoms with Gasteiger partial charge in [-0.15, -0.1) is 0 Å². The minimum Gasteiger partial charge on any atom is -0.370 e. The summed E-state index contributed by atoms with van der Waals surface area (Å²) in [7, 11) is 0. The largest absolute Gasteiger partial charge is 0.370 e. The molecule has 96 valence electrons. The van der Waals surface area contributed by atoms with Gasteiger partial charge < -0.3 is 4.74 Å². The molecule has 0 amide bonds. The van der Waals surface area contributed by atoms with Crippen LogP contribution in [0.3, 0.4) is 0 Å². The molecule has 1 aliphatic heterocycles. The molecule has 0 spiro atoms. The van der Waals surface area contributed by atoms with Crippen LogP contribution >= 0.6 is 0 Å². The highest BCUT2D eigenvalue weighted by molar-refractivity contribution is 6.02. The van der Waals surface area contributed by atoms with Crippen molar-refractivity contribution in [3.05, 3.63) is 47.2 Å². The van der Waals surface area contributed by atoms with Gasteiger partial charge in [0.05, 0.1) is 0 Å². The standard InChI is InChI=1S/C16H15NO2/c17-12-14(10-9-13-6-2-1-3-7-13)16(18)15-8-4-5-11-19-15/h1-3,6-7,9,15H,4-5,8,11H2. The lowest BCUT2D eigenvalue weighted by Crippen LogP contribution is -2.28. The second-order valence-corrected chi connectivity index (χ2v) is 4.41. The molecule has 1 unspecified atom stereocenters. The van der Waals surface area contributed by atoms with E-state index in [1.165, 1.54) is 0 Å². The first-order valence-electron chi connectivity index (χ1n) is 6.39. The first-order valence-corrected chi connectivity index (χ1v) is 6.39. The fraction of sp³-hybridized carbons (Fsp3) is 0.312. The first kappa shape index (κ1) is 13.3. The molecule has 2 rings (SSSR count). The van der Waals surface area contributed by atoms with Crippen molar-refractivity contribution in [2.45, 2.75) is 25.4 Å². The molecule has 0 saturated carbocycles. The van der Waals surface area contributed by atoms with Crippen LogP contribution in [0.1, 0.15) is 24.8 Å². The van der Waals surface area contributed by atoms with Crippen molar-refractivity contribution in [1.82, 2.24) is 0 Å². The molecule has 3 nitrogen and oxygen atoms in total. The van der Waals surface area contributed by atoms with Gasteiger partial charge in [0, 0.05) is 6.61 Å². The van der Waals surface area contributed by atoms with E-state index >= 15 is 0 Å². The Morgan fingerprint density at radius 3 is 2.74 bits per heavy atom. The van der Waals surface area contributed by atoms with Gasteiger partial charge in [0.15, 0.2) is 0 Å². The van der Waals surface area contributed by atoms with E-state index in [0.717, 1.165) is 18.4 Å². The summed E-state index contributed by atoms with van der Waals surface area (Å²) in [5, 5.41) is 9.06. The van der Waals surface area contributed by atoms with E-state index in [0.29, 0.717) is 13.0 Å². The predicted molar refractivity (Wildman–Crippen MR) is 72.1 cm³/mol. The average Bonchev–Trinajstić information content (AvgIpc) is 2.49. The normalized spacial score (nSPS) is 17.9. The van der Waals surface area contributed by atoms with Crippen molar-refractivity contribution < 1.29 is 9.53 Å². The minimum absolute atomic E-state index is 0.0377. The van der Waals surface area contributed by atoms with Gasteiger partial charge in [-0.1, -0.05) is 36.1 Å². The number of hydrogen-bond acceptors (Lipinski definition) is 3. The predicted octanol–water partition coefficient (Wildman–Crippen LogP) is 2.89. The third-order valence-electron chi connectivity index (χ3n) is 3.01. The third kappa shape index (κ3) is 3.66. The van der Waals surface area contributed by atoms with Gasteiger partial charge in [0.25, 0.3) is 0 Å². The van der Waals surface area contributed by atoms with Crippen molar-refractivity contribution in [2.75, 3.05) is 6.61 Å². The molecular weight excluding hydrogens is 238 g/mol. The quantitative estimate of drug-likeness (QED) is 0.473. The van der Waals surface area contributed by atoms with Crippen LogP contribution in [0.4, 0.5) is 0 Å². The number of benzene rings is 1. The van der Waals surface area contributed by atoms with Crippen molar-refractivity contribution >= 4 is 11.9 Å². The number of hydrogen-bond donors (Lipinski definition) is 0. The molecule has 0 radical (unpaired) electrons. The van der Waals surface area contributed by atoms with E-state index in [4.69, 9.17) is 10.00 Å². The highest BCUT2D eigenvalue weighted by Crippen LogP contribution is 2.16. The van der Waals surface area contributed by atoms with E-state index in [1.54, 1.807) is 6.08 Å². The molecule has 1 fully saturated rings. The second-order valence-electron chi connectivity index (χ2n) is 4.41. The smallest absolute Gasteiger partial charge is 0.209 e. The molecule has 1 atom stereocenters. The number of ketones is 1. The Balaban J connectivity index is 2.17. The van der Waals surface area contributed by atoms with E-state index < -0.39 is 6.10 Å².